The summed E-state index contributed by atoms with van der Waals surface area (Å²) in [6.07, 6.45) is -0.528. The van der Waals surface area contributed by atoms with E-state index in [0.717, 1.165) is 5.56 Å². The summed E-state index contributed by atoms with van der Waals surface area (Å²) in [4.78, 5) is 2.03. The molecule has 0 radical (unpaired) electrons. The number of hydrogen-bond donors (Lipinski definition) is 2. The Hall–Kier alpha value is -0.990. The summed E-state index contributed by atoms with van der Waals surface area (Å²) in [5, 5.41) is 15.1. The van der Waals surface area contributed by atoms with E-state index in [9.17, 15) is 13.5 Å². The number of aliphatic hydroxyl groups excluding tert-OH is 1. The van der Waals surface area contributed by atoms with E-state index in [1.807, 2.05) is 38.8 Å². The first-order valence-corrected chi connectivity index (χ1v) is 8.78. The number of benzene rings is 1. The van der Waals surface area contributed by atoms with Crippen LogP contribution in [0.3, 0.4) is 0 Å². The summed E-state index contributed by atoms with van der Waals surface area (Å²) in [6, 6.07) is 6.48. The minimum atomic E-state index is -3.71. The molecule has 0 amide bonds. The van der Waals surface area contributed by atoms with E-state index < -0.39 is 16.1 Å². The predicted octanol–water partition coefficient (Wildman–Crippen LogP) is 1.11. The average molecular weight is 330 g/mol. The highest BCUT2D eigenvalue weighted by Gasteiger charge is 2.17. The maximum Gasteiger partial charge on any atom is 0.238 e. The van der Waals surface area contributed by atoms with E-state index in [1.165, 1.54) is 6.07 Å². The van der Waals surface area contributed by atoms with Crippen LogP contribution in [0.15, 0.2) is 29.2 Å². The third-order valence-corrected chi connectivity index (χ3v) is 4.36. The molecule has 126 valence electrons. The zero-order valence-electron chi connectivity index (χ0n) is 13.6. The SMILES string of the molecule is CC(C)OC[C@@H](O)CN(C)[C@@H](C)c1cccc(S(N)(=O)=O)c1. The van der Waals surface area contributed by atoms with Gasteiger partial charge < -0.3 is 9.84 Å². The topological polar surface area (TPSA) is 92.9 Å². The molecule has 2 atom stereocenters. The minimum absolute atomic E-state index is 0.0598. The van der Waals surface area contributed by atoms with Crippen molar-refractivity contribution in [3.8, 4) is 0 Å². The highest BCUT2D eigenvalue weighted by molar-refractivity contribution is 7.89. The fourth-order valence-corrected chi connectivity index (χ4v) is 2.62. The summed E-state index contributed by atoms with van der Waals surface area (Å²) in [6.45, 7) is 6.47. The van der Waals surface area contributed by atoms with Gasteiger partial charge in [0.05, 0.1) is 23.7 Å². The molecule has 0 saturated carbocycles. The van der Waals surface area contributed by atoms with Gasteiger partial charge in [0, 0.05) is 12.6 Å². The van der Waals surface area contributed by atoms with Crippen molar-refractivity contribution < 1.29 is 18.3 Å². The lowest BCUT2D eigenvalue weighted by Gasteiger charge is -2.27. The zero-order valence-corrected chi connectivity index (χ0v) is 14.4. The Morgan fingerprint density at radius 2 is 1.95 bits per heavy atom. The van der Waals surface area contributed by atoms with Gasteiger partial charge in [-0.25, -0.2) is 13.6 Å². The number of primary sulfonamides is 1. The second-order valence-corrected chi connectivity index (χ2v) is 7.33. The molecular weight excluding hydrogens is 304 g/mol. The van der Waals surface area contributed by atoms with E-state index in [1.54, 1.807) is 12.1 Å². The lowest BCUT2D eigenvalue weighted by atomic mass is 10.1. The van der Waals surface area contributed by atoms with Gasteiger partial charge >= 0.3 is 0 Å². The molecule has 6 nitrogen and oxygen atoms in total. The maximum atomic E-state index is 11.4. The van der Waals surface area contributed by atoms with Crippen LogP contribution in [-0.4, -0.2) is 50.8 Å². The van der Waals surface area contributed by atoms with Crippen molar-refractivity contribution >= 4 is 10.0 Å². The third-order valence-electron chi connectivity index (χ3n) is 3.45. The predicted molar refractivity (Wildman–Crippen MR) is 86.0 cm³/mol. The number of hydrogen-bond acceptors (Lipinski definition) is 5. The Balaban J connectivity index is 2.72. The average Bonchev–Trinajstić information content (AvgIpc) is 2.43. The Kier molecular flexibility index (Phi) is 6.96. The zero-order chi connectivity index (χ0) is 16.9. The van der Waals surface area contributed by atoms with Gasteiger partial charge in [0.1, 0.15) is 0 Å². The first kappa shape index (κ1) is 19.1. The first-order valence-electron chi connectivity index (χ1n) is 7.24. The number of nitrogens with zero attached hydrogens (tertiary/aromatic N) is 1. The van der Waals surface area contributed by atoms with Gasteiger partial charge in [0.15, 0.2) is 0 Å². The summed E-state index contributed by atoms with van der Waals surface area (Å²) < 4.78 is 28.2. The molecule has 3 N–H and O–H groups in total. The van der Waals surface area contributed by atoms with Crippen LogP contribution in [0.25, 0.3) is 0 Å². The van der Waals surface area contributed by atoms with Crippen LogP contribution in [-0.2, 0) is 14.8 Å². The van der Waals surface area contributed by atoms with Gasteiger partial charge in [0.25, 0.3) is 0 Å². The highest BCUT2D eigenvalue weighted by atomic mass is 32.2. The molecular formula is C15H26N2O4S. The molecule has 22 heavy (non-hydrogen) atoms. The molecule has 1 aromatic rings. The molecule has 0 bridgehead atoms. The van der Waals surface area contributed by atoms with Crippen molar-refractivity contribution in [2.75, 3.05) is 20.2 Å². The lowest BCUT2D eigenvalue weighted by Crippen LogP contribution is -2.34. The number of nitrogens with two attached hydrogens (primary N) is 1. The van der Waals surface area contributed by atoms with Gasteiger partial charge in [-0.2, -0.15) is 0 Å². The quantitative estimate of drug-likeness (QED) is 0.745. The third kappa shape index (κ3) is 6.02. The van der Waals surface area contributed by atoms with Crippen molar-refractivity contribution in [3.63, 3.8) is 0 Å². The smallest absolute Gasteiger partial charge is 0.238 e. The molecule has 1 rings (SSSR count). The normalized spacial score (nSPS) is 15.3. The number of likely N-dealkylation sites (N-methyl/N-ethyl adjacent to an activating group) is 1. The Bertz CT molecular complexity index is 575. The monoisotopic (exact) mass is 330 g/mol. The van der Waals surface area contributed by atoms with Crippen molar-refractivity contribution in [2.45, 2.75) is 43.9 Å². The fraction of sp³-hybridized carbons (Fsp3) is 0.600. The van der Waals surface area contributed by atoms with Crippen LogP contribution in [0.4, 0.5) is 0 Å². The second-order valence-electron chi connectivity index (χ2n) is 5.77. The minimum Gasteiger partial charge on any atom is -0.389 e. The van der Waals surface area contributed by atoms with Crippen molar-refractivity contribution in [2.24, 2.45) is 5.14 Å². The van der Waals surface area contributed by atoms with E-state index in [-0.39, 0.29) is 23.6 Å². The Labute approximate surface area is 132 Å². The first-order chi connectivity index (χ1) is 10.1. The van der Waals surface area contributed by atoms with Crippen LogP contribution >= 0.6 is 0 Å². The standard InChI is InChI=1S/C15H26N2O4S/c1-11(2)21-10-14(18)9-17(4)12(3)13-6-5-7-15(8-13)22(16,19)20/h5-8,11-12,14,18H,9-10H2,1-4H3,(H2,16,19,20)/t12-,14-/m0/s1. The Morgan fingerprint density at radius 3 is 2.50 bits per heavy atom. The summed E-state index contributed by atoms with van der Waals surface area (Å²) >= 11 is 0. The van der Waals surface area contributed by atoms with Gasteiger partial charge in [0.2, 0.25) is 10.0 Å². The molecule has 0 unspecified atom stereocenters. The summed E-state index contributed by atoms with van der Waals surface area (Å²) in [5.41, 5.74) is 0.825. The molecule has 0 saturated heterocycles. The van der Waals surface area contributed by atoms with Gasteiger partial charge in [-0.3, -0.25) is 4.90 Å². The van der Waals surface area contributed by atoms with Crippen LogP contribution in [0.2, 0.25) is 0 Å². The fourth-order valence-electron chi connectivity index (χ4n) is 2.05. The van der Waals surface area contributed by atoms with E-state index >= 15 is 0 Å². The number of rotatable bonds is 8. The van der Waals surface area contributed by atoms with Crippen LogP contribution in [0, 0.1) is 0 Å². The molecule has 0 heterocycles. The van der Waals surface area contributed by atoms with Gasteiger partial charge in [-0.15, -0.1) is 0 Å². The van der Waals surface area contributed by atoms with Crippen molar-refractivity contribution in [3.05, 3.63) is 29.8 Å². The molecule has 1 aromatic carbocycles. The summed E-state index contributed by atoms with van der Waals surface area (Å²) in [5.74, 6) is 0. The van der Waals surface area contributed by atoms with Crippen molar-refractivity contribution in [1.29, 1.82) is 0 Å². The number of sulfonamides is 1. The molecule has 0 aliphatic rings. The second kappa shape index (κ2) is 8.03. The lowest BCUT2D eigenvalue weighted by molar-refractivity contribution is -0.00950. The molecule has 0 fully saturated rings. The summed E-state index contributed by atoms with van der Waals surface area (Å²) in [7, 11) is -1.85. The molecule has 0 aromatic heterocycles. The molecule has 7 heteroatoms. The van der Waals surface area contributed by atoms with Crippen LogP contribution in [0.1, 0.15) is 32.4 Å². The highest BCUT2D eigenvalue weighted by Crippen LogP contribution is 2.21. The molecule has 0 aliphatic carbocycles. The molecule has 0 aliphatic heterocycles. The van der Waals surface area contributed by atoms with E-state index in [0.29, 0.717) is 6.54 Å². The van der Waals surface area contributed by atoms with E-state index in [2.05, 4.69) is 0 Å². The largest absolute Gasteiger partial charge is 0.389 e. The molecule has 0 spiro atoms. The van der Waals surface area contributed by atoms with Crippen LogP contribution in [0.5, 0.6) is 0 Å². The van der Waals surface area contributed by atoms with Crippen LogP contribution < -0.4 is 5.14 Å². The Morgan fingerprint density at radius 1 is 1.32 bits per heavy atom. The maximum absolute atomic E-state index is 11.4. The van der Waals surface area contributed by atoms with Gasteiger partial charge in [-0.1, -0.05) is 12.1 Å². The number of ether oxygens (including phenoxy) is 1. The number of aliphatic hydroxyl groups is 1. The van der Waals surface area contributed by atoms with Crippen molar-refractivity contribution in [1.82, 2.24) is 4.90 Å². The van der Waals surface area contributed by atoms with Gasteiger partial charge in [-0.05, 0) is 45.5 Å². The van der Waals surface area contributed by atoms with E-state index in [4.69, 9.17) is 9.88 Å².